The summed E-state index contributed by atoms with van der Waals surface area (Å²) in [5, 5.41) is 6.16. The van der Waals surface area contributed by atoms with E-state index in [0.717, 1.165) is 24.1 Å². The Kier molecular flexibility index (Phi) is 9.16. The van der Waals surface area contributed by atoms with Crippen LogP contribution >= 0.6 is 12.4 Å². The number of hydrogen-bond donors (Lipinski definition) is 2. The maximum Gasteiger partial charge on any atom is 0.225 e. The topological polar surface area (TPSA) is 61.4 Å². The second kappa shape index (κ2) is 11.6. The molecule has 0 aromatic heterocycles. The van der Waals surface area contributed by atoms with Gasteiger partial charge in [-0.25, -0.2) is 0 Å². The predicted molar refractivity (Wildman–Crippen MR) is 118 cm³/mol. The minimum absolute atomic E-state index is 0. The van der Waals surface area contributed by atoms with Crippen LogP contribution in [0.4, 0.5) is 0 Å². The fourth-order valence-corrected chi connectivity index (χ4v) is 3.86. The van der Waals surface area contributed by atoms with Crippen LogP contribution in [0.2, 0.25) is 0 Å². The Balaban J connectivity index is 0.00000300. The fourth-order valence-electron chi connectivity index (χ4n) is 3.86. The SMILES string of the molecule is CNCCCNC(=O)C1CCC(=O)N(Cc2ccccc2)C1c1ccccc1.Cl. The van der Waals surface area contributed by atoms with Gasteiger partial charge in [-0.15, -0.1) is 12.4 Å². The Morgan fingerprint density at radius 1 is 1.03 bits per heavy atom. The van der Waals surface area contributed by atoms with Crippen LogP contribution in [0.1, 0.15) is 36.4 Å². The van der Waals surface area contributed by atoms with E-state index >= 15 is 0 Å². The van der Waals surface area contributed by atoms with Crippen LogP contribution in [0.5, 0.6) is 0 Å². The van der Waals surface area contributed by atoms with Crippen molar-refractivity contribution in [3.8, 4) is 0 Å². The molecule has 2 atom stereocenters. The zero-order valence-electron chi connectivity index (χ0n) is 16.8. The first-order valence-corrected chi connectivity index (χ1v) is 10.0. The number of benzene rings is 2. The summed E-state index contributed by atoms with van der Waals surface area (Å²) in [6.45, 7) is 2.03. The van der Waals surface area contributed by atoms with Crippen LogP contribution in [0.15, 0.2) is 60.7 Å². The number of hydrogen-bond acceptors (Lipinski definition) is 3. The summed E-state index contributed by atoms with van der Waals surface area (Å²) in [6.07, 6.45) is 1.88. The van der Waals surface area contributed by atoms with E-state index in [4.69, 9.17) is 0 Å². The molecule has 0 radical (unpaired) electrons. The van der Waals surface area contributed by atoms with Crippen molar-refractivity contribution in [1.29, 1.82) is 0 Å². The Hall–Kier alpha value is -2.37. The van der Waals surface area contributed by atoms with Crippen molar-refractivity contribution in [1.82, 2.24) is 15.5 Å². The number of likely N-dealkylation sites (tertiary alicyclic amines) is 1. The lowest BCUT2D eigenvalue weighted by Crippen LogP contribution is -2.48. The van der Waals surface area contributed by atoms with Crippen molar-refractivity contribution in [3.63, 3.8) is 0 Å². The molecule has 29 heavy (non-hydrogen) atoms. The monoisotopic (exact) mass is 415 g/mol. The molecule has 2 unspecified atom stereocenters. The predicted octanol–water partition coefficient (Wildman–Crippen LogP) is 3.31. The number of nitrogens with zero attached hydrogens (tertiary/aromatic N) is 1. The van der Waals surface area contributed by atoms with Gasteiger partial charge in [0.2, 0.25) is 11.8 Å². The molecule has 2 amide bonds. The molecule has 156 valence electrons. The molecule has 1 heterocycles. The highest BCUT2D eigenvalue weighted by atomic mass is 35.5. The third-order valence-corrected chi connectivity index (χ3v) is 5.28. The molecule has 1 saturated heterocycles. The summed E-state index contributed by atoms with van der Waals surface area (Å²) in [5.41, 5.74) is 2.09. The van der Waals surface area contributed by atoms with Gasteiger partial charge in [-0.3, -0.25) is 9.59 Å². The molecule has 1 fully saturated rings. The van der Waals surface area contributed by atoms with Gasteiger partial charge >= 0.3 is 0 Å². The number of halogens is 1. The zero-order chi connectivity index (χ0) is 19.8. The minimum Gasteiger partial charge on any atom is -0.356 e. The lowest BCUT2D eigenvalue weighted by Gasteiger charge is -2.41. The molecule has 2 N–H and O–H groups in total. The molecule has 6 heteroatoms. The number of nitrogens with one attached hydrogen (secondary N) is 2. The smallest absolute Gasteiger partial charge is 0.225 e. The average molecular weight is 416 g/mol. The van der Waals surface area contributed by atoms with Gasteiger partial charge in [-0.05, 0) is 37.6 Å². The average Bonchev–Trinajstić information content (AvgIpc) is 2.74. The molecule has 0 saturated carbocycles. The van der Waals surface area contributed by atoms with Crippen molar-refractivity contribution in [2.24, 2.45) is 5.92 Å². The van der Waals surface area contributed by atoms with Crippen LogP contribution in [0.3, 0.4) is 0 Å². The fraction of sp³-hybridized carbons (Fsp3) is 0.391. The quantitative estimate of drug-likeness (QED) is 0.650. The largest absolute Gasteiger partial charge is 0.356 e. The molecule has 2 aromatic rings. The highest BCUT2D eigenvalue weighted by molar-refractivity contribution is 5.85. The summed E-state index contributed by atoms with van der Waals surface area (Å²) in [7, 11) is 1.90. The second-order valence-corrected chi connectivity index (χ2v) is 7.26. The van der Waals surface area contributed by atoms with Crippen LogP contribution in [0.25, 0.3) is 0 Å². The summed E-state index contributed by atoms with van der Waals surface area (Å²) >= 11 is 0. The Morgan fingerprint density at radius 2 is 1.69 bits per heavy atom. The van der Waals surface area contributed by atoms with Gasteiger partial charge in [-0.1, -0.05) is 60.7 Å². The minimum atomic E-state index is -0.244. The number of piperidine rings is 1. The van der Waals surface area contributed by atoms with Gasteiger partial charge in [0, 0.05) is 19.5 Å². The van der Waals surface area contributed by atoms with Gasteiger partial charge in [-0.2, -0.15) is 0 Å². The van der Waals surface area contributed by atoms with E-state index < -0.39 is 0 Å². The second-order valence-electron chi connectivity index (χ2n) is 7.26. The third-order valence-electron chi connectivity index (χ3n) is 5.28. The first-order valence-electron chi connectivity index (χ1n) is 10.0. The van der Waals surface area contributed by atoms with Crippen LogP contribution in [-0.4, -0.2) is 36.9 Å². The summed E-state index contributed by atoms with van der Waals surface area (Å²) in [5.74, 6) is -0.0918. The van der Waals surface area contributed by atoms with E-state index in [1.54, 1.807) is 0 Å². The first-order chi connectivity index (χ1) is 13.7. The van der Waals surface area contributed by atoms with Crippen molar-refractivity contribution in [2.75, 3.05) is 20.1 Å². The lowest BCUT2D eigenvalue weighted by molar-refractivity contribution is -0.144. The van der Waals surface area contributed by atoms with Crippen molar-refractivity contribution >= 4 is 24.2 Å². The molecule has 3 rings (SSSR count). The number of carbonyl (C=O) groups is 2. The maximum atomic E-state index is 13.0. The van der Waals surface area contributed by atoms with E-state index in [0.29, 0.717) is 25.9 Å². The molecule has 1 aliphatic rings. The van der Waals surface area contributed by atoms with Crippen molar-refractivity contribution < 1.29 is 9.59 Å². The summed E-state index contributed by atoms with van der Waals surface area (Å²) in [4.78, 5) is 27.7. The van der Waals surface area contributed by atoms with Crippen molar-refractivity contribution in [2.45, 2.75) is 31.8 Å². The number of rotatable bonds is 8. The highest BCUT2D eigenvalue weighted by Gasteiger charge is 2.40. The van der Waals surface area contributed by atoms with Gasteiger partial charge in [0.1, 0.15) is 0 Å². The molecular formula is C23H30ClN3O2. The van der Waals surface area contributed by atoms with Gasteiger partial charge in [0.25, 0.3) is 0 Å². The van der Waals surface area contributed by atoms with Crippen LogP contribution in [0, 0.1) is 5.92 Å². The zero-order valence-corrected chi connectivity index (χ0v) is 17.7. The molecular weight excluding hydrogens is 386 g/mol. The number of amides is 2. The van der Waals surface area contributed by atoms with Gasteiger partial charge < -0.3 is 15.5 Å². The van der Waals surface area contributed by atoms with Crippen LogP contribution in [-0.2, 0) is 16.1 Å². The molecule has 1 aliphatic heterocycles. The van der Waals surface area contributed by atoms with E-state index in [1.807, 2.05) is 72.6 Å². The summed E-state index contributed by atoms with van der Waals surface area (Å²) in [6, 6.07) is 19.7. The van der Waals surface area contributed by atoms with E-state index in [9.17, 15) is 9.59 Å². The molecule has 0 aliphatic carbocycles. The number of carbonyl (C=O) groups excluding carboxylic acids is 2. The maximum absolute atomic E-state index is 13.0. The summed E-state index contributed by atoms with van der Waals surface area (Å²) < 4.78 is 0. The molecule has 0 spiro atoms. The highest BCUT2D eigenvalue weighted by Crippen LogP contribution is 2.37. The third kappa shape index (κ3) is 6.05. The van der Waals surface area contributed by atoms with Crippen LogP contribution < -0.4 is 10.6 Å². The Labute approximate surface area is 179 Å². The normalized spacial score (nSPS) is 18.8. The molecule has 5 nitrogen and oxygen atoms in total. The van der Waals surface area contributed by atoms with Gasteiger partial charge in [0.15, 0.2) is 0 Å². The van der Waals surface area contributed by atoms with E-state index in [1.165, 1.54) is 0 Å². The van der Waals surface area contributed by atoms with E-state index in [-0.39, 0.29) is 36.2 Å². The Morgan fingerprint density at radius 3 is 2.34 bits per heavy atom. The first kappa shape index (κ1) is 22.9. The molecule has 0 bridgehead atoms. The van der Waals surface area contributed by atoms with E-state index in [2.05, 4.69) is 10.6 Å². The van der Waals surface area contributed by atoms with Crippen molar-refractivity contribution in [3.05, 3.63) is 71.8 Å². The Bertz CT molecular complexity index is 770. The van der Waals surface area contributed by atoms with Gasteiger partial charge in [0.05, 0.1) is 12.0 Å². The molecule has 2 aromatic carbocycles. The standard InChI is InChI=1S/C23H29N3O2.ClH/c1-24-15-8-16-25-23(28)20-13-14-21(27)26(17-18-9-4-2-5-10-18)22(20)19-11-6-3-7-12-19;/h2-7,9-12,20,22,24H,8,13-17H2,1H3,(H,25,28);1H. The lowest BCUT2D eigenvalue weighted by atomic mass is 9.83.